The predicted octanol–water partition coefficient (Wildman–Crippen LogP) is 1.64. The van der Waals surface area contributed by atoms with Crippen molar-refractivity contribution in [2.45, 2.75) is 32.2 Å². The van der Waals surface area contributed by atoms with Gasteiger partial charge in [0.2, 0.25) is 5.91 Å². The van der Waals surface area contributed by atoms with Gasteiger partial charge in [0.25, 0.3) is 0 Å². The van der Waals surface area contributed by atoms with Gasteiger partial charge in [-0.2, -0.15) is 0 Å². The molecule has 0 aliphatic rings. The van der Waals surface area contributed by atoms with E-state index in [0.29, 0.717) is 6.42 Å². The Morgan fingerprint density at radius 2 is 2.00 bits per heavy atom. The van der Waals surface area contributed by atoms with Crippen molar-refractivity contribution in [3.05, 3.63) is 35.9 Å². The Bertz CT molecular complexity index is 324. The SMILES string of the molecule is CCNC(CC(N)=O)C(C)c1ccccc1. The molecular weight excluding hydrogens is 200 g/mol. The molecule has 16 heavy (non-hydrogen) atoms. The Balaban J connectivity index is 2.74. The average molecular weight is 220 g/mol. The van der Waals surface area contributed by atoms with E-state index < -0.39 is 0 Å². The normalized spacial score (nSPS) is 14.4. The molecule has 0 spiro atoms. The summed E-state index contributed by atoms with van der Waals surface area (Å²) < 4.78 is 0. The van der Waals surface area contributed by atoms with Crippen LogP contribution in [-0.4, -0.2) is 18.5 Å². The molecule has 0 fully saturated rings. The van der Waals surface area contributed by atoms with Gasteiger partial charge in [0.05, 0.1) is 0 Å². The standard InChI is InChI=1S/C13H20N2O/c1-3-15-12(9-13(14)16)10(2)11-7-5-4-6-8-11/h4-8,10,12,15H,3,9H2,1-2H3,(H2,14,16). The minimum Gasteiger partial charge on any atom is -0.370 e. The second-order valence-corrected chi connectivity index (χ2v) is 4.03. The Kier molecular flexibility index (Phi) is 4.99. The van der Waals surface area contributed by atoms with Crippen molar-refractivity contribution < 1.29 is 4.79 Å². The van der Waals surface area contributed by atoms with E-state index >= 15 is 0 Å². The summed E-state index contributed by atoms with van der Waals surface area (Å²) in [6.07, 6.45) is 0.379. The summed E-state index contributed by atoms with van der Waals surface area (Å²) in [5.41, 5.74) is 6.49. The number of hydrogen-bond acceptors (Lipinski definition) is 2. The van der Waals surface area contributed by atoms with Gasteiger partial charge in [-0.05, 0) is 18.0 Å². The van der Waals surface area contributed by atoms with Crippen molar-refractivity contribution in [1.29, 1.82) is 0 Å². The van der Waals surface area contributed by atoms with Gasteiger partial charge < -0.3 is 11.1 Å². The third-order valence-corrected chi connectivity index (χ3v) is 2.82. The molecule has 0 aliphatic carbocycles. The molecule has 0 aromatic heterocycles. The third kappa shape index (κ3) is 3.66. The quantitative estimate of drug-likeness (QED) is 0.765. The highest BCUT2D eigenvalue weighted by molar-refractivity contribution is 5.74. The van der Waals surface area contributed by atoms with Crippen LogP contribution in [0.25, 0.3) is 0 Å². The van der Waals surface area contributed by atoms with Crippen LogP contribution in [0.4, 0.5) is 0 Å². The lowest BCUT2D eigenvalue weighted by Crippen LogP contribution is -2.37. The van der Waals surface area contributed by atoms with Gasteiger partial charge in [-0.15, -0.1) is 0 Å². The minimum absolute atomic E-state index is 0.116. The molecule has 3 nitrogen and oxygen atoms in total. The van der Waals surface area contributed by atoms with E-state index in [2.05, 4.69) is 24.4 Å². The van der Waals surface area contributed by atoms with Gasteiger partial charge in [-0.25, -0.2) is 0 Å². The van der Waals surface area contributed by atoms with Crippen LogP contribution in [0.15, 0.2) is 30.3 Å². The molecule has 2 unspecified atom stereocenters. The van der Waals surface area contributed by atoms with Crippen molar-refractivity contribution in [2.24, 2.45) is 5.73 Å². The first-order valence-corrected chi connectivity index (χ1v) is 5.71. The molecule has 1 aromatic carbocycles. The highest BCUT2D eigenvalue weighted by Gasteiger charge is 2.19. The Hall–Kier alpha value is -1.35. The van der Waals surface area contributed by atoms with Crippen molar-refractivity contribution >= 4 is 5.91 Å². The molecule has 0 bridgehead atoms. The van der Waals surface area contributed by atoms with Crippen LogP contribution in [-0.2, 0) is 4.79 Å². The average Bonchev–Trinajstić information content (AvgIpc) is 2.28. The Morgan fingerprint density at radius 3 is 2.50 bits per heavy atom. The molecule has 0 radical (unpaired) electrons. The van der Waals surface area contributed by atoms with Crippen molar-refractivity contribution in [1.82, 2.24) is 5.32 Å². The van der Waals surface area contributed by atoms with E-state index in [9.17, 15) is 4.79 Å². The van der Waals surface area contributed by atoms with E-state index in [1.54, 1.807) is 0 Å². The van der Waals surface area contributed by atoms with Gasteiger partial charge in [0.15, 0.2) is 0 Å². The monoisotopic (exact) mass is 220 g/mol. The highest BCUT2D eigenvalue weighted by atomic mass is 16.1. The molecule has 0 aliphatic heterocycles. The van der Waals surface area contributed by atoms with E-state index in [1.165, 1.54) is 5.56 Å². The second kappa shape index (κ2) is 6.28. The summed E-state index contributed by atoms with van der Waals surface area (Å²) in [6, 6.07) is 10.3. The number of nitrogens with two attached hydrogens (primary N) is 1. The molecule has 0 saturated heterocycles. The summed E-state index contributed by atoms with van der Waals surface area (Å²) in [4.78, 5) is 11.0. The van der Waals surface area contributed by atoms with Crippen molar-refractivity contribution in [3.63, 3.8) is 0 Å². The fraction of sp³-hybridized carbons (Fsp3) is 0.462. The number of nitrogens with one attached hydrogen (secondary N) is 1. The molecule has 3 heteroatoms. The minimum atomic E-state index is -0.256. The largest absolute Gasteiger partial charge is 0.370 e. The number of carbonyl (C=O) groups is 1. The Morgan fingerprint density at radius 1 is 1.38 bits per heavy atom. The van der Waals surface area contributed by atoms with E-state index in [0.717, 1.165) is 6.54 Å². The summed E-state index contributed by atoms with van der Waals surface area (Å²) in [7, 11) is 0. The van der Waals surface area contributed by atoms with E-state index in [-0.39, 0.29) is 17.9 Å². The van der Waals surface area contributed by atoms with Crippen LogP contribution >= 0.6 is 0 Å². The molecule has 1 amide bonds. The van der Waals surface area contributed by atoms with Crippen LogP contribution in [0, 0.1) is 0 Å². The molecule has 1 aromatic rings. The molecular formula is C13H20N2O. The lowest BCUT2D eigenvalue weighted by Gasteiger charge is -2.24. The molecule has 1 rings (SSSR count). The topological polar surface area (TPSA) is 55.1 Å². The van der Waals surface area contributed by atoms with Crippen molar-refractivity contribution in [2.75, 3.05) is 6.54 Å². The molecule has 0 saturated carbocycles. The van der Waals surface area contributed by atoms with Crippen LogP contribution in [0.5, 0.6) is 0 Å². The molecule has 2 atom stereocenters. The summed E-state index contributed by atoms with van der Waals surface area (Å²) in [5.74, 6) is 0.0300. The van der Waals surface area contributed by atoms with E-state index in [1.807, 2.05) is 25.1 Å². The van der Waals surface area contributed by atoms with Gasteiger partial charge in [-0.3, -0.25) is 4.79 Å². The molecule has 88 valence electrons. The van der Waals surface area contributed by atoms with Gasteiger partial charge in [0, 0.05) is 12.5 Å². The molecule has 0 heterocycles. The van der Waals surface area contributed by atoms with Gasteiger partial charge >= 0.3 is 0 Å². The maximum atomic E-state index is 11.0. The number of carbonyl (C=O) groups excluding carboxylic acids is 1. The first-order valence-electron chi connectivity index (χ1n) is 5.71. The Labute approximate surface area is 97.0 Å². The number of primary amides is 1. The highest BCUT2D eigenvalue weighted by Crippen LogP contribution is 2.20. The maximum Gasteiger partial charge on any atom is 0.219 e. The number of amides is 1. The summed E-state index contributed by atoms with van der Waals surface area (Å²) in [5, 5.41) is 3.31. The van der Waals surface area contributed by atoms with Crippen LogP contribution in [0.2, 0.25) is 0 Å². The zero-order chi connectivity index (χ0) is 12.0. The molecule has 3 N–H and O–H groups in total. The third-order valence-electron chi connectivity index (χ3n) is 2.82. The number of likely N-dealkylation sites (N-methyl/N-ethyl adjacent to an activating group) is 1. The zero-order valence-electron chi connectivity index (χ0n) is 9.94. The fourth-order valence-corrected chi connectivity index (χ4v) is 1.89. The summed E-state index contributed by atoms with van der Waals surface area (Å²) in [6.45, 7) is 4.99. The van der Waals surface area contributed by atoms with Crippen LogP contribution in [0.1, 0.15) is 31.7 Å². The first-order chi connectivity index (χ1) is 7.65. The number of benzene rings is 1. The van der Waals surface area contributed by atoms with Crippen LogP contribution in [0.3, 0.4) is 0 Å². The van der Waals surface area contributed by atoms with Gasteiger partial charge in [-0.1, -0.05) is 44.2 Å². The zero-order valence-corrected chi connectivity index (χ0v) is 9.94. The first kappa shape index (κ1) is 12.7. The number of hydrogen-bond donors (Lipinski definition) is 2. The summed E-state index contributed by atoms with van der Waals surface area (Å²) >= 11 is 0. The van der Waals surface area contributed by atoms with Crippen molar-refractivity contribution in [3.8, 4) is 0 Å². The van der Waals surface area contributed by atoms with Crippen LogP contribution < -0.4 is 11.1 Å². The maximum absolute atomic E-state index is 11.0. The number of rotatable bonds is 6. The predicted molar refractivity (Wildman–Crippen MR) is 66.1 cm³/mol. The van der Waals surface area contributed by atoms with E-state index in [4.69, 9.17) is 5.73 Å². The lowest BCUT2D eigenvalue weighted by molar-refractivity contribution is -0.118. The lowest BCUT2D eigenvalue weighted by atomic mass is 9.91. The van der Waals surface area contributed by atoms with Gasteiger partial charge in [0.1, 0.15) is 0 Å². The smallest absolute Gasteiger partial charge is 0.219 e. The fourth-order valence-electron chi connectivity index (χ4n) is 1.89. The second-order valence-electron chi connectivity index (χ2n) is 4.03.